The van der Waals surface area contributed by atoms with E-state index >= 15 is 0 Å². The van der Waals surface area contributed by atoms with E-state index in [1.807, 2.05) is 35.8 Å². The molecule has 1 N–H and O–H groups in total. The number of amides is 1. The molecule has 0 spiro atoms. The molecule has 0 radical (unpaired) electrons. The van der Waals surface area contributed by atoms with Crippen molar-refractivity contribution in [1.82, 2.24) is 24.5 Å². The molecule has 7 nitrogen and oxygen atoms in total. The van der Waals surface area contributed by atoms with Gasteiger partial charge in [-0.25, -0.2) is 0 Å². The average molecular weight is 379 g/mol. The quantitative estimate of drug-likeness (QED) is 0.666. The van der Waals surface area contributed by atoms with Crippen LogP contribution in [0.4, 0.5) is 0 Å². The highest BCUT2D eigenvalue weighted by molar-refractivity contribution is 5.76. The monoisotopic (exact) mass is 379 g/mol. The van der Waals surface area contributed by atoms with E-state index < -0.39 is 0 Å². The molecular formula is C21H25N5O2. The molecule has 0 saturated heterocycles. The Morgan fingerprint density at radius 2 is 2.00 bits per heavy atom. The Bertz CT molecular complexity index is 1080. The number of aryl methyl sites for hydroxylation is 1. The number of rotatable bonds is 6. The summed E-state index contributed by atoms with van der Waals surface area (Å²) in [4.78, 5) is 30.0. The number of hydrogen-bond donors (Lipinski definition) is 1. The summed E-state index contributed by atoms with van der Waals surface area (Å²) in [5.41, 5.74) is 3.57. The van der Waals surface area contributed by atoms with Gasteiger partial charge in [-0.3, -0.25) is 9.59 Å². The van der Waals surface area contributed by atoms with Crippen molar-refractivity contribution in [2.24, 2.45) is 0 Å². The summed E-state index contributed by atoms with van der Waals surface area (Å²) < 4.78 is 3.23. The Kier molecular flexibility index (Phi) is 4.98. The van der Waals surface area contributed by atoms with Crippen molar-refractivity contribution >= 4 is 11.7 Å². The number of benzene rings is 1. The van der Waals surface area contributed by atoms with Crippen molar-refractivity contribution in [3.63, 3.8) is 0 Å². The topological polar surface area (TPSA) is 81.3 Å². The lowest BCUT2D eigenvalue weighted by Gasteiger charge is -2.13. The lowest BCUT2D eigenvalue weighted by atomic mass is 10.1. The summed E-state index contributed by atoms with van der Waals surface area (Å²) in [7, 11) is 0. The average Bonchev–Trinajstić information content (AvgIpc) is 3.34. The van der Waals surface area contributed by atoms with Gasteiger partial charge in [0.25, 0.3) is 5.56 Å². The number of hydrogen-bond acceptors (Lipinski definition) is 4. The van der Waals surface area contributed by atoms with E-state index in [4.69, 9.17) is 0 Å². The maximum Gasteiger partial charge on any atom is 0.279 e. The molecule has 146 valence electrons. The maximum atomic E-state index is 12.9. The van der Waals surface area contributed by atoms with Gasteiger partial charge in [0.1, 0.15) is 6.54 Å². The van der Waals surface area contributed by atoms with Crippen LogP contribution in [0.25, 0.3) is 17.2 Å². The van der Waals surface area contributed by atoms with Crippen LogP contribution in [0.15, 0.2) is 29.1 Å². The minimum Gasteiger partial charge on any atom is -0.355 e. The maximum absolute atomic E-state index is 12.9. The first kappa shape index (κ1) is 18.4. The van der Waals surface area contributed by atoms with Gasteiger partial charge < -0.3 is 9.88 Å². The fourth-order valence-corrected chi connectivity index (χ4v) is 3.71. The number of carbonyl (C=O) groups is 1. The number of nitrogens with one attached hydrogen (secondary N) is 1. The fraction of sp³-hybridized carbons (Fsp3) is 0.429. The lowest BCUT2D eigenvalue weighted by Crippen LogP contribution is -2.32. The fourth-order valence-electron chi connectivity index (χ4n) is 3.71. The zero-order valence-electron chi connectivity index (χ0n) is 16.4. The van der Waals surface area contributed by atoms with E-state index in [2.05, 4.69) is 22.3 Å². The van der Waals surface area contributed by atoms with E-state index in [1.165, 1.54) is 4.52 Å². The van der Waals surface area contributed by atoms with Crippen LogP contribution in [-0.4, -0.2) is 31.6 Å². The van der Waals surface area contributed by atoms with Crippen molar-refractivity contribution in [3.05, 3.63) is 51.4 Å². The molecule has 7 heteroatoms. The molecule has 0 fully saturated rings. The van der Waals surface area contributed by atoms with Gasteiger partial charge in [0.05, 0.1) is 0 Å². The van der Waals surface area contributed by atoms with Gasteiger partial charge in [-0.15, -0.1) is 5.10 Å². The summed E-state index contributed by atoms with van der Waals surface area (Å²) >= 11 is 0. The van der Waals surface area contributed by atoms with Gasteiger partial charge >= 0.3 is 0 Å². The molecule has 0 saturated carbocycles. The first-order valence-corrected chi connectivity index (χ1v) is 9.93. The Hall–Kier alpha value is -2.96. The van der Waals surface area contributed by atoms with Crippen LogP contribution in [0, 0.1) is 6.92 Å². The second-order valence-corrected chi connectivity index (χ2v) is 7.39. The number of carbonyl (C=O) groups excluding carboxylic acids is 1. The Labute approximate surface area is 163 Å². The lowest BCUT2D eigenvalue weighted by molar-refractivity contribution is -0.121. The van der Waals surface area contributed by atoms with E-state index in [9.17, 15) is 9.59 Å². The first-order chi connectivity index (χ1) is 13.6. The highest BCUT2D eigenvalue weighted by Crippen LogP contribution is 2.22. The third-order valence-corrected chi connectivity index (χ3v) is 5.26. The Morgan fingerprint density at radius 3 is 2.75 bits per heavy atom. The molecule has 0 bridgehead atoms. The molecule has 2 heterocycles. The predicted molar refractivity (Wildman–Crippen MR) is 107 cm³/mol. The smallest absolute Gasteiger partial charge is 0.279 e. The standard InChI is InChI=1S/C21H25N5O2/c1-3-4-12-22-18(27)13-25-17-7-5-6-16(17)20(28)26-21(25)23-19(24-26)15-10-8-14(2)9-11-15/h8-11H,3-7,12-13H2,1-2H3,(H,22,27). The molecule has 1 amide bonds. The normalized spacial score (nSPS) is 13.1. The zero-order valence-corrected chi connectivity index (χ0v) is 16.4. The molecule has 1 aliphatic carbocycles. The Morgan fingerprint density at radius 1 is 1.21 bits per heavy atom. The number of aromatic nitrogens is 4. The number of nitrogens with zero attached hydrogens (tertiary/aromatic N) is 4. The number of fused-ring (bicyclic) bond motifs is 2. The van der Waals surface area contributed by atoms with Crippen LogP contribution in [0.1, 0.15) is 43.0 Å². The van der Waals surface area contributed by atoms with Gasteiger partial charge in [-0.1, -0.05) is 43.2 Å². The van der Waals surface area contributed by atoms with Gasteiger partial charge in [-0.2, -0.15) is 9.50 Å². The molecular weight excluding hydrogens is 354 g/mol. The molecule has 0 unspecified atom stereocenters. The van der Waals surface area contributed by atoms with Gasteiger partial charge in [0, 0.05) is 23.4 Å². The summed E-state index contributed by atoms with van der Waals surface area (Å²) in [6, 6.07) is 7.89. The van der Waals surface area contributed by atoms with Gasteiger partial charge in [-0.05, 0) is 32.6 Å². The van der Waals surface area contributed by atoms with Gasteiger partial charge in [0.2, 0.25) is 11.7 Å². The van der Waals surface area contributed by atoms with Crippen LogP contribution in [0.2, 0.25) is 0 Å². The molecule has 0 atom stereocenters. The SMILES string of the molecule is CCCCNC(=O)Cn1c2c(c(=O)n3nc(-c4ccc(C)cc4)nc13)CCC2. The largest absolute Gasteiger partial charge is 0.355 e. The first-order valence-electron chi connectivity index (χ1n) is 9.93. The van der Waals surface area contributed by atoms with Gasteiger partial charge in [0.15, 0.2) is 5.82 Å². The van der Waals surface area contributed by atoms with Crippen molar-refractivity contribution in [1.29, 1.82) is 0 Å². The van der Waals surface area contributed by atoms with Crippen molar-refractivity contribution in [2.45, 2.75) is 52.5 Å². The third-order valence-electron chi connectivity index (χ3n) is 5.26. The molecule has 1 aliphatic rings. The molecule has 4 rings (SSSR count). The van der Waals surface area contributed by atoms with Crippen LogP contribution in [0.3, 0.4) is 0 Å². The third kappa shape index (κ3) is 3.32. The Balaban J connectivity index is 1.78. The molecule has 3 aromatic rings. The van der Waals surface area contributed by atoms with E-state index in [1.54, 1.807) is 0 Å². The highest BCUT2D eigenvalue weighted by atomic mass is 16.2. The molecule has 2 aromatic heterocycles. The van der Waals surface area contributed by atoms with E-state index in [0.717, 1.165) is 54.5 Å². The summed E-state index contributed by atoms with van der Waals surface area (Å²) in [6.45, 7) is 4.93. The van der Waals surface area contributed by atoms with E-state index in [0.29, 0.717) is 18.1 Å². The second kappa shape index (κ2) is 7.58. The van der Waals surface area contributed by atoms with Crippen LogP contribution >= 0.6 is 0 Å². The van der Waals surface area contributed by atoms with Crippen LogP contribution < -0.4 is 10.9 Å². The minimum absolute atomic E-state index is 0.0621. The van der Waals surface area contributed by atoms with Crippen LogP contribution in [-0.2, 0) is 24.2 Å². The van der Waals surface area contributed by atoms with E-state index in [-0.39, 0.29) is 18.0 Å². The molecule has 0 aliphatic heterocycles. The second-order valence-electron chi connectivity index (χ2n) is 7.39. The molecule has 28 heavy (non-hydrogen) atoms. The van der Waals surface area contributed by atoms with Crippen molar-refractivity contribution < 1.29 is 4.79 Å². The summed E-state index contributed by atoms with van der Waals surface area (Å²) in [5.74, 6) is 0.876. The summed E-state index contributed by atoms with van der Waals surface area (Å²) in [5, 5.41) is 7.43. The minimum atomic E-state index is -0.115. The van der Waals surface area contributed by atoms with Crippen molar-refractivity contribution in [2.75, 3.05) is 6.54 Å². The predicted octanol–water partition coefficient (Wildman–Crippen LogP) is 2.27. The summed E-state index contributed by atoms with van der Waals surface area (Å²) in [6.07, 6.45) is 4.41. The number of unbranched alkanes of at least 4 members (excludes halogenated alkanes) is 1. The zero-order chi connectivity index (χ0) is 19.7. The van der Waals surface area contributed by atoms with Crippen LogP contribution in [0.5, 0.6) is 0 Å². The van der Waals surface area contributed by atoms with Crippen molar-refractivity contribution in [3.8, 4) is 11.4 Å². The highest BCUT2D eigenvalue weighted by Gasteiger charge is 2.25. The molecule has 1 aromatic carbocycles.